The van der Waals surface area contributed by atoms with Gasteiger partial charge in [0, 0.05) is 13.0 Å². The topological polar surface area (TPSA) is 46.6 Å². The van der Waals surface area contributed by atoms with E-state index in [1.165, 1.54) is 4.90 Å². The van der Waals surface area contributed by atoms with E-state index >= 15 is 0 Å². The van der Waals surface area contributed by atoms with E-state index in [1.54, 1.807) is 6.08 Å². The van der Waals surface area contributed by atoms with Gasteiger partial charge in [0.1, 0.15) is 0 Å². The summed E-state index contributed by atoms with van der Waals surface area (Å²) >= 11 is 0. The van der Waals surface area contributed by atoms with Crippen LogP contribution in [-0.4, -0.2) is 23.3 Å². The van der Waals surface area contributed by atoms with Gasteiger partial charge < -0.3 is 4.74 Å². The van der Waals surface area contributed by atoms with E-state index in [1.807, 2.05) is 6.92 Å². The number of carbonyl (C=O) groups is 2. The molecule has 0 aromatic carbocycles. The van der Waals surface area contributed by atoms with Crippen LogP contribution in [0.3, 0.4) is 0 Å². The zero-order chi connectivity index (χ0) is 12.1. The van der Waals surface area contributed by atoms with E-state index in [0.29, 0.717) is 19.4 Å². The van der Waals surface area contributed by atoms with Crippen molar-refractivity contribution in [3.8, 4) is 0 Å². The highest BCUT2D eigenvalue weighted by atomic mass is 16.6. The summed E-state index contributed by atoms with van der Waals surface area (Å²) in [5.74, 6) is -0.485. The molecule has 0 radical (unpaired) electrons. The van der Waals surface area contributed by atoms with Crippen LogP contribution < -0.4 is 0 Å². The Labute approximate surface area is 95.6 Å². The van der Waals surface area contributed by atoms with E-state index in [0.717, 1.165) is 6.42 Å². The molecule has 1 rings (SSSR count). The number of amides is 1. The Bertz CT molecular complexity index is 322. The van der Waals surface area contributed by atoms with Gasteiger partial charge in [0.15, 0.2) is 5.88 Å². The minimum atomic E-state index is -0.345. The molecule has 1 aliphatic heterocycles. The lowest BCUT2D eigenvalue weighted by Crippen LogP contribution is -2.28. The van der Waals surface area contributed by atoms with Crippen LogP contribution in [0.5, 0.6) is 0 Å². The van der Waals surface area contributed by atoms with Crippen molar-refractivity contribution in [3.05, 3.63) is 25.1 Å². The molecule has 0 aromatic heterocycles. The van der Waals surface area contributed by atoms with Crippen LogP contribution in [0.4, 0.5) is 0 Å². The van der Waals surface area contributed by atoms with E-state index in [2.05, 4.69) is 13.2 Å². The molecule has 1 saturated heterocycles. The summed E-state index contributed by atoms with van der Waals surface area (Å²) in [6, 6.07) is 0. The van der Waals surface area contributed by atoms with E-state index < -0.39 is 0 Å². The molecular weight excluding hydrogens is 206 g/mol. The highest BCUT2D eigenvalue weighted by Crippen LogP contribution is 2.22. The van der Waals surface area contributed by atoms with Gasteiger partial charge in [-0.3, -0.25) is 14.5 Å². The van der Waals surface area contributed by atoms with Gasteiger partial charge in [-0.05, 0) is 19.4 Å². The first-order valence-electron chi connectivity index (χ1n) is 5.43. The number of nitrogens with zero attached hydrogens (tertiary/aromatic N) is 1. The van der Waals surface area contributed by atoms with Crippen LogP contribution in [0.1, 0.15) is 26.2 Å². The quantitative estimate of drug-likeness (QED) is 0.406. The average Bonchev–Trinajstić information content (AvgIpc) is 2.59. The molecule has 0 aromatic rings. The Hall–Kier alpha value is -1.58. The number of carbonyl (C=O) groups excluding carboxylic acids is 2. The molecule has 4 heteroatoms. The molecule has 0 spiro atoms. The van der Waals surface area contributed by atoms with Gasteiger partial charge in [0.2, 0.25) is 5.91 Å². The third-order valence-corrected chi connectivity index (χ3v) is 2.52. The van der Waals surface area contributed by atoms with Gasteiger partial charge >= 0.3 is 5.97 Å². The predicted molar refractivity (Wildman–Crippen MR) is 60.2 cm³/mol. The van der Waals surface area contributed by atoms with Gasteiger partial charge in [-0.15, -0.1) is 6.58 Å². The minimum Gasteiger partial charge on any atom is -0.410 e. The molecule has 1 aliphatic rings. The zero-order valence-electron chi connectivity index (χ0n) is 9.57. The summed E-state index contributed by atoms with van der Waals surface area (Å²) in [5, 5.41) is 0. The monoisotopic (exact) mass is 223 g/mol. The Balaban J connectivity index is 2.53. The third kappa shape index (κ3) is 2.72. The lowest BCUT2D eigenvalue weighted by Gasteiger charge is -2.17. The van der Waals surface area contributed by atoms with Crippen LogP contribution in [0.2, 0.25) is 0 Å². The maximum atomic E-state index is 11.7. The second-order valence-electron chi connectivity index (χ2n) is 3.74. The number of rotatable bonds is 5. The Morgan fingerprint density at radius 1 is 1.69 bits per heavy atom. The summed E-state index contributed by atoms with van der Waals surface area (Å²) in [7, 11) is 0. The van der Waals surface area contributed by atoms with Crippen LogP contribution in [0.15, 0.2) is 25.1 Å². The maximum Gasteiger partial charge on any atom is 0.312 e. The molecule has 0 N–H and O–H groups in total. The van der Waals surface area contributed by atoms with Crippen molar-refractivity contribution in [2.75, 3.05) is 6.54 Å². The Morgan fingerprint density at radius 2 is 2.38 bits per heavy atom. The molecule has 1 atom stereocenters. The molecular formula is C12H17NO3. The molecule has 1 unspecified atom stereocenters. The Morgan fingerprint density at radius 3 is 2.88 bits per heavy atom. The summed E-state index contributed by atoms with van der Waals surface area (Å²) in [5.41, 5.74) is 0. The average molecular weight is 223 g/mol. The van der Waals surface area contributed by atoms with Crippen molar-refractivity contribution in [3.63, 3.8) is 0 Å². The fourth-order valence-electron chi connectivity index (χ4n) is 1.61. The standard InChI is InChI=1S/C12H17NO3/c1-4-6-11(14)16-9(3)13-8-7-10(5-2)12(13)15/h5,10H,2-4,6-8H2,1H3. The van der Waals surface area contributed by atoms with Gasteiger partial charge in [0.05, 0.1) is 5.92 Å². The largest absolute Gasteiger partial charge is 0.410 e. The van der Waals surface area contributed by atoms with Crippen molar-refractivity contribution >= 4 is 11.9 Å². The lowest BCUT2D eigenvalue weighted by molar-refractivity contribution is -0.144. The normalized spacial score (nSPS) is 19.7. The van der Waals surface area contributed by atoms with E-state index in [9.17, 15) is 9.59 Å². The predicted octanol–water partition coefficient (Wildman–Crippen LogP) is 1.84. The summed E-state index contributed by atoms with van der Waals surface area (Å²) in [6.45, 7) is 9.62. The summed E-state index contributed by atoms with van der Waals surface area (Å²) < 4.78 is 4.98. The summed E-state index contributed by atoms with van der Waals surface area (Å²) in [4.78, 5) is 24.3. The summed E-state index contributed by atoms with van der Waals surface area (Å²) in [6.07, 6.45) is 3.37. The smallest absolute Gasteiger partial charge is 0.312 e. The van der Waals surface area contributed by atoms with Crippen molar-refractivity contribution in [1.29, 1.82) is 0 Å². The van der Waals surface area contributed by atoms with Crippen LogP contribution in [-0.2, 0) is 14.3 Å². The highest BCUT2D eigenvalue weighted by Gasteiger charge is 2.32. The van der Waals surface area contributed by atoms with Crippen molar-refractivity contribution < 1.29 is 14.3 Å². The molecule has 0 saturated carbocycles. The number of likely N-dealkylation sites (tertiary alicyclic amines) is 1. The second kappa shape index (κ2) is 5.49. The SMILES string of the molecule is C=CC1CCN(C(=C)OC(=O)CCC)C1=O. The van der Waals surface area contributed by atoms with Gasteiger partial charge in [0.25, 0.3) is 0 Å². The molecule has 4 nitrogen and oxygen atoms in total. The number of ether oxygens (including phenoxy) is 1. The van der Waals surface area contributed by atoms with Gasteiger partial charge in [-0.2, -0.15) is 0 Å². The molecule has 0 aliphatic carbocycles. The highest BCUT2D eigenvalue weighted by molar-refractivity contribution is 5.84. The van der Waals surface area contributed by atoms with E-state index in [4.69, 9.17) is 4.74 Å². The second-order valence-corrected chi connectivity index (χ2v) is 3.74. The maximum absolute atomic E-state index is 11.7. The van der Waals surface area contributed by atoms with Crippen LogP contribution in [0.25, 0.3) is 0 Å². The zero-order valence-corrected chi connectivity index (χ0v) is 9.57. The molecule has 1 heterocycles. The molecule has 88 valence electrons. The number of hydrogen-bond donors (Lipinski definition) is 0. The fourth-order valence-corrected chi connectivity index (χ4v) is 1.61. The van der Waals surface area contributed by atoms with Gasteiger partial charge in [-0.25, -0.2) is 0 Å². The number of hydrogen-bond acceptors (Lipinski definition) is 3. The molecule has 1 fully saturated rings. The molecule has 16 heavy (non-hydrogen) atoms. The first-order chi connectivity index (χ1) is 7.60. The van der Waals surface area contributed by atoms with E-state index in [-0.39, 0.29) is 23.7 Å². The number of esters is 1. The molecule has 0 bridgehead atoms. The van der Waals surface area contributed by atoms with Crippen molar-refractivity contribution in [1.82, 2.24) is 4.90 Å². The van der Waals surface area contributed by atoms with Crippen LogP contribution in [0, 0.1) is 5.92 Å². The fraction of sp³-hybridized carbons (Fsp3) is 0.500. The first-order valence-corrected chi connectivity index (χ1v) is 5.43. The Kier molecular flexibility index (Phi) is 4.28. The van der Waals surface area contributed by atoms with Crippen molar-refractivity contribution in [2.45, 2.75) is 26.2 Å². The first kappa shape index (κ1) is 12.5. The minimum absolute atomic E-state index is 0.0932. The van der Waals surface area contributed by atoms with Crippen molar-refractivity contribution in [2.24, 2.45) is 5.92 Å². The lowest BCUT2D eigenvalue weighted by atomic mass is 10.1. The third-order valence-electron chi connectivity index (χ3n) is 2.52. The van der Waals surface area contributed by atoms with Gasteiger partial charge in [-0.1, -0.05) is 13.0 Å². The van der Waals surface area contributed by atoms with Crippen LogP contribution >= 0.6 is 0 Å². The molecule has 1 amide bonds.